The van der Waals surface area contributed by atoms with Gasteiger partial charge in [-0.15, -0.1) is 0 Å². The topological polar surface area (TPSA) is 49.3 Å². The molecule has 92 valence electrons. The van der Waals surface area contributed by atoms with Gasteiger partial charge in [0.05, 0.1) is 21.8 Å². The number of rotatable bonds is 6. The standard InChI is InChI=1S/C11H25NO2S/c1-6-9(8-10(13)7-2)12-15(14)11(3,4)5/h9-10,12-13H,6-8H2,1-5H3/t9-,10-,15-/m1/s1. The summed E-state index contributed by atoms with van der Waals surface area (Å²) < 4.78 is 14.7. The van der Waals surface area contributed by atoms with E-state index in [1.165, 1.54) is 0 Å². The van der Waals surface area contributed by atoms with E-state index in [1.807, 2.05) is 34.6 Å². The molecule has 0 aromatic rings. The molecule has 0 unspecified atom stereocenters. The summed E-state index contributed by atoms with van der Waals surface area (Å²) in [7, 11) is -1.05. The lowest BCUT2D eigenvalue weighted by Gasteiger charge is -2.24. The minimum Gasteiger partial charge on any atom is -0.393 e. The van der Waals surface area contributed by atoms with Crippen LogP contribution in [0.4, 0.5) is 0 Å². The number of hydrogen-bond acceptors (Lipinski definition) is 2. The maximum Gasteiger partial charge on any atom is 0.0972 e. The van der Waals surface area contributed by atoms with E-state index in [-0.39, 0.29) is 16.9 Å². The van der Waals surface area contributed by atoms with E-state index in [9.17, 15) is 9.32 Å². The van der Waals surface area contributed by atoms with Crippen molar-refractivity contribution in [2.45, 2.75) is 70.8 Å². The summed E-state index contributed by atoms with van der Waals surface area (Å²) in [6.07, 6.45) is 2.02. The molecule has 0 amide bonds. The second-order valence-electron chi connectivity index (χ2n) is 4.90. The molecule has 15 heavy (non-hydrogen) atoms. The lowest BCUT2D eigenvalue weighted by molar-refractivity contribution is 0.148. The molecule has 0 aromatic heterocycles. The number of hydrogen-bond donors (Lipinski definition) is 2. The van der Waals surface area contributed by atoms with E-state index >= 15 is 0 Å². The van der Waals surface area contributed by atoms with Gasteiger partial charge in [-0.2, -0.15) is 0 Å². The molecular weight excluding hydrogens is 210 g/mol. The van der Waals surface area contributed by atoms with Crippen LogP contribution < -0.4 is 4.72 Å². The van der Waals surface area contributed by atoms with Crippen molar-refractivity contribution in [1.29, 1.82) is 0 Å². The van der Waals surface area contributed by atoms with Gasteiger partial charge < -0.3 is 5.11 Å². The highest BCUT2D eigenvalue weighted by atomic mass is 32.2. The maximum atomic E-state index is 11.8. The van der Waals surface area contributed by atoms with Gasteiger partial charge in [-0.25, -0.2) is 8.93 Å². The largest absolute Gasteiger partial charge is 0.393 e. The third-order valence-corrected chi connectivity index (χ3v) is 4.01. The Morgan fingerprint density at radius 2 is 1.80 bits per heavy atom. The summed E-state index contributed by atoms with van der Waals surface area (Å²) in [6.45, 7) is 9.83. The second-order valence-corrected chi connectivity index (χ2v) is 6.90. The summed E-state index contributed by atoms with van der Waals surface area (Å²) in [5.41, 5.74) is 0. The molecule has 0 aliphatic rings. The van der Waals surface area contributed by atoms with Crippen molar-refractivity contribution in [3.63, 3.8) is 0 Å². The summed E-state index contributed by atoms with van der Waals surface area (Å²) in [6, 6.07) is 0.139. The molecule has 0 aliphatic heterocycles. The molecule has 3 atom stereocenters. The van der Waals surface area contributed by atoms with Gasteiger partial charge in [0.15, 0.2) is 0 Å². The van der Waals surface area contributed by atoms with Crippen molar-refractivity contribution in [1.82, 2.24) is 4.72 Å². The molecule has 0 spiro atoms. The van der Waals surface area contributed by atoms with Gasteiger partial charge in [-0.05, 0) is 40.0 Å². The zero-order valence-corrected chi connectivity index (χ0v) is 11.4. The Balaban J connectivity index is 4.16. The Hall–Kier alpha value is 0.0700. The van der Waals surface area contributed by atoms with Crippen molar-refractivity contribution in [3.05, 3.63) is 0 Å². The number of nitrogens with one attached hydrogen (secondary N) is 1. The SMILES string of the molecule is CC[C@@H](O)C[C@@H](CC)N[S@](=O)C(C)(C)C. The first-order valence-electron chi connectivity index (χ1n) is 5.67. The summed E-state index contributed by atoms with van der Waals surface area (Å²) in [4.78, 5) is 0. The molecule has 0 aliphatic carbocycles. The van der Waals surface area contributed by atoms with E-state index in [2.05, 4.69) is 4.72 Å². The lowest BCUT2D eigenvalue weighted by Crippen LogP contribution is -2.41. The summed E-state index contributed by atoms with van der Waals surface area (Å²) in [5, 5.41) is 9.54. The summed E-state index contributed by atoms with van der Waals surface area (Å²) >= 11 is 0. The van der Waals surface area contributed by atoms with Crippen LogP contribution in [0.15, 0.2) is 0 Å². The normalized spacial score (nSPS) is 18.5. The zero-order valence-electron chi connectivity index (χ0n) is 10.5. The molecule has 0 saturated heterocycles. The smallest absolute Gasteiger partial charge is 0.0972 e. The van der Waals surface area contributed by atoms with Crippen molar-refractivity contribution in [2.75, 3.05) is 0 Å². The summed E-state index contributed by atoms with van der Waals surface area (Å²) in [5.74, 6) is 0. The van der Waals surface area contributed by atoms with Crippen LogP contribution in [0.25, 0.3) is 0 Å². The number of aliphatic hydroxyl groups is 1. The Kier molecular flexibility index (Phi) is 6.64. The van der Waals surface area contributed by atoms with Crippen LogP contribution in [-0.2, 0) is 11.0 Å². The molecule has 2 N–H and O–H groups in total. The fourth-order valence-electron chi connectivity index (χ4n) is 1.12. The first-order chi connectivity index (χ1) is 6.81. The highest BCUT2D eigenvalue weighted by molar-refractivity contribution is 7.84. The molecule has 0 radical (unpaired) electrons. The van der Waals surface area contributed by atoms with E-state index in [0.29, 0.717) is 6.42 Å². The third-order valence-electron chi connectivity index (χ3n) is 2.35. The van der Waals surface area contributed by atoms with Gasteiger partial charge >= 0.3 is 0 Å². The average molecular weight is 235 g/mol. The van der Waals surface area contributed by atoms with Gasteiger partial charge in [0.2, 0.25) is 0 Å². The minimum absolute atomic E-state index is 0.139. The molecule has 0 heterocycles. The van der Waals surface area contributed by atoms with Crippen LogP contribution in [0.3, 0.4) is 0 Å². The minimum atomic E-state index is -1.05. The van der Waals surface area contributed by atoms with E-state index in [0.717, 1.165) is 12.8 Å². The molecule has 0 bridgehead atoms. The Bertz CT molecular complexity index is 201. The van der Waals surface area contributed by atoms with Gasteiger partial charge in [-0.3, -0.25) is 0 Å². The molecular formula is C11H25NO2S. The molecule has 0 fully saturated rings. The molecule has 0 aromatic carbocycles. The first kappa shape index (κ1) is 15.1. The second kappa shape index (κ2) is 6.61. The van der Waals surface area contributed by atoms with Crippen molar-refractivity contribution in [2.24, 2.45) is 0 Å². The van der Waals surface area contributed by atoms with Gasteiger partial charge in [0.25, 0.3) is 0 Å². The predicted octanol–water partition coefficient (Wildman–Crippen LogP) is 1.98. The van der Waals surface area contributed by atoms with Crippen molar-refractivity contribution in [3.8, 4) is 0 Å². The van der Waals surface area contributed by atoms with E-state index in [1.54, 1.807) is 0 Å². The Morgan fingerprint density at radius 1 is 1.27 bits per heavy atom. The van der Waals surface area contributed by atoms with E-state index in [4.69, 9.17) is 0 Å². The highest BCUT2D eigenvalue weighted by Gasteiger charge is 2.22. The fourth-order valence-corrected chi connectivity index (χ4v) is 2.04. The Labute approximate surface area is 96.2 Å². The van der Waals surface area contributed by atoms with Gasteiger partial charge in [-0.1, -0.05) is 13.8 Å². The van der Waals surface area contributed by atoms with Crippen molar-refractivity contribution < 1.29 is 9.32 Å². The lowest BCUT2D eigenvalue weighted by atomic mass is 10.1. The predicted molar refractivity (Wildman–Crippen MR) is 66.0 cm³/mol. The molecule has 0 rings (SSSR count). The quantitative estimate of drug-likeness (QED) is 0.739. The zero-order chi connectivity index (χ0) is 12.1. The maximum absolute atomic E-state index is 11.8. The van der Waals surface area contributed by atoms with Crippen LogP contribution in [0.2, 0.25) is 0 Å². The average Bonchev–Trinajstić information content (AvgIpc) is 2.14. The third kappa shape index (κ3) is 6.28. The van der Waals surface area contributed by atoms with Crippen molar-refractivity contribution >= 4 is 11.0 Å². The van der Waals surface area contributed by atoms with E-state index < -0.39 is 11.0 Å². The fraction of sp³-hybridized carbons (Fsp3) is 1.00. The number of aliphatic hydroxyl groups excluding tert-OH is 1. The van der Waals surface area contributed by atoms with Crippen LogP contribution in [0.5, 0.6) is 0 Å². The van der Waals surface area contributed by atoms with Gasteiger partial charge in [0, 0.05) is 6.04 Å². The van der Waals surface area contributed by atoms with Crippen LogP contribution in [0.1, 0.15) is 53.9 Å². The Morgan fingerprint density at radius 3 is 2.13 bits per heavy atom. The molecule has 0 saturated carbocycles. The van der Waals surface area contributed by atoms with Crippen LogP contribution in [-0.4, -0.2) is 26.2 Å². The first-order valence-corrected chi connectivity index (χ1v) is 6.82. The molecule has 3 nitrogen and oxygen atoms in total. The van der Waals surface area contributed by atoms with Crippen LogP contribution in [0, 0.1) is 0 Å². The highest BCUT2D eigenvalue weighted by Crippen LogP contribution is 2.12. The molecule has 4 heteroatoms. The monoisotopic (exact) mass is 235 g/mol. The van der Waals surface area contributed by atoms with Crippen LogP contribution >= 0.6 is 0 Å². The van der Waals surface area contributed by atoms with Gasteiger partial charge in [0.1, 0.15) is 0 Å².